The van der Waals surface area contributed by atoms with Gasteiger partial charge in [0.25, 0.3) is 5.56 Å². The molecule has 0 atom stereocenters. The topological polar surface area (TPSA) is 74.8 Å². The van der Waals surface area contributed by atoms with Crippen molar-refractivity contribution in [1.82, 2.24) is 4.57 Å². The summed E-state index contributed by atoms with van der Waals surface area (Å²) in [5.74, 6) is 0.0137. The highest BCUT2D eigenvalue weighted by atomic mass is 16.3. The van der Waals surface area contributed by atoms with Crippen molar-refractivity contribution in [2.75, 3.05) is 0 Å². The molecule has 5 heteroatoms. The average Bonchev–Trinajstić information content (AvgIpc) is 2.53. The predicted octanol–water partition coefficient (Wildman–Crippen LogP) is 3.09. The number of phenolic OH excluding ortho intramolecular Hbond substituents is 1. The van der Waals surface area contributed by atoms with E-state index in [1.165, 1.54) is 10.6 Å². The molecule has 0 bridgehead atoms. The largest absolute Gasteiger partial charge is 0.508 e. The summed E-state index contributed by atoms with van der Waals surface area (Å²) < 4.78 is 1.49. The first-order valence-corrected chi connectivity index (χ1v) is 7.14. The second-order valence-corrected chi connectivity index (χ2v) is 5.32. The van der Waals surface area contributed by atoms with E-state index >= 15 is 0 Å². The second kappa shape index (κ2) is 5.61. The molecule has 23 heavy (non-hydrogen) atoms. The zero-order valence-corrected chi connectivity index (χ0v) is 12.8. The van der Waals surface area contributed by atoms with Crippen LogP contribution in [0.1, 0.15) is 12.5 Å². The summed E-state index contributed by atoms with van der Waals surface area (Å²) in [7, 11) is 1.66. The highest BCUT2D eigenvalue weighted by molar-refractivity contribution is 6.06. The maximum atomic E-state index is 12.6. The van der Waals surface area contributed by atoms with E-state index in [2.05, 4.69) is 4.99 Å². The summed E-state index contributed by atoms with van der Waals surface area (Å²) >= 11 is 0. The van der Waals surface area contributed by atoms with Crippen LogP contribution in [-0.2, 0) is 7.05 Å². The van der Waals surface area contributed by atoms with Gasteiger partial charge in [0, 0.05) is 18.5 Å². The molecule has 0 unspecified atom stereocenters. The van der Waals surface area contributed by atoms with Crippen molar-refractivity contribution < 1.29 is 10.2 Å². The minimum absolute atomic E-state index is 0.0786. The minimum Gasteiger partial charge on any atom is -0.508 e. The lowest BCUT2D eigenvalue weighted by Gasteiger charge is -2.11. The number of benzene rings is 2. The number of para-hydroxylation sites is 1. The van der Waals surface area contributed by atoms with Gasteiger partial charge in [0.2, 0.25) is 0 Å². The lowest BCUT2D eigenvalue weighted by molar-refractivity contribution is 0.475. The number of aliphatic imine (C=N–C) groups is 1. The molecule has 2 N–H and O–H groups in total. The molecule has 0 amide bonds. The molecule has 2 aromatic carbocycles. The van der Waals surface area contributed by atoms with E-state index in [-0.39, 0.29) is 22.6 Å². The smallest absolute Gasteiger partial charge is 0.263 e. The predicted molar refractivity (Wildman–Crippen MR) is 90.8 cm³/mol. The fraction of sp³-hybridized carbons (Fsp3) is 0.111. The normalized spacial score (nSPS) is 11.8. The summed E-state index contributed by atoms with van der Waals surface area (Å²) in [5.41, 5.74) is 1.40. The molecule has 0 aliphatic carbocycles. The highest BCUT2D eigenvalue weighted by Crippen LogP contribution is 2.27. The molecule has 3 aromatic rings. The Kier molecular flexibility index (Phi) is 3.62. The van der Waals surface area contributed by atoms with Gasteiger partial charge in [-0.3, -0.25) is 9.79 Å². The molecule has 1 heterocycles. The molecule has 0 saturated heterocycles. The van der Waals surface area contributed by atoms with Gasteiger partial charge in [-0.1, -0.05) is 18.2 Å². The number of rotatable bonds is 2. The Hall–Kier alpha value is -3.08. The van der Waals surface area contributed by atoms with E-state index < -0.39 is 0 Å². The summed E-state index contributed by atoms with van der Waals surface area (Å²) in [6.07, 6.45) is 0. The molecular weight excluding hydrogens is 292 g/mol. The minimum atomic E-state index is -0.317. The second-order valence-electron chi connectivity index (χ2n) is 5.32. The van der Waals surface area contributed by atoms with Gasteiger partial charge in [-0.2, -0.15) is 0 Å². The molecule has 0 saturated carbocycles. The van der Waals surface area contributed by atoms with Crippen LogP contribution in [0.3, 0.4) is 0 Å². The number of nitrogens with zero attached hydrogens (tertiary/aromatic N) is 2. The standard InChI is InChI=1S/C18H16N2O3/c1-11(19-12-6-5-7-13(21)10-12)16-17(22)14-8-3-4-9-15(14)20(2)18(16)23/h3-10,21-22H,1-2H3. The van der Waals surface area contributed by atoms with Gasteiger partial charge >= 0.3 is 0 Å². The molecule has 5 nitrogen and oxygen atoms in total. The Morgan fingerprint density at radius 3 is 2.57 bits per heavy atom. The van der Waals surface area contributed by atoms with Crippen LogP contribution in [0.5, 0.6) is 11.5 Å². The number of aromatic hydroxyl groups is 2. The summed E-state index contributed by atoms with van der Waals surface area (Å²) in [6, 6.07) is 13.6. The summed E-state index contributed by atoms with van der Waals surface area (Å²) in [5, 5.41) is 20.6. The van der Waals surface area contributed by atoms with E-state index in [9.17, 15) is 15.0 Å². The van der Waals surface area contributed by atoms with E-state index in [1.54, 1.807) is 50.4 Å². The van der Waals surface area contributed by atoms with Crippen LogP contribution in [0.15, 0.2) is 58.3 Å². The Labute approximate surface area is 132 Å². The van der Waals surface area contributed by atoms with Crippen LogP contribution in [0, 0.1) is 0 Å². The number of fused-ring (bicyclic) bond motifs is 1. The Morgan fingerprint density at radius 1 is 1.09 bits per heavy atom. The number of pyridine rings is 1. The number of hydrogen-bond acceptors (Lipinski definition) is 4. The molecule has 116 valence electrons. The maximum Gasteiger partial charge on any atom is 0.263 e. The van der Waals surface area contributed by atoms with Crippen LogP contribution in [0.2, 0.25) is 0 Å². The van der Waals surface area contributed by atoms with Crippen molar-refractivity contribution in [2.45, 2.75) is 6.92 Å². The van der Waals surface area contributed by atoms with Crippen LogP contribution in [0.4, 0.5) is 5.69 Å². The fourth-order valence-corrected chi connectivity index (χ4v) is 2.62. The zero-order valence-electron chi connectivity index (χ0n) is 12.8. The van der Waals surface area contributed by atoms with Crippen LogP contribution in [-0.4, -0.2) is 20.5 Å². The first-order chi connectivity index (χ1) is 11.0. The quantitative estimate of drug-likeness (QED) is 0.714. The van der Waals surface area contributed by atoms with E-state index in [1.807, 2.05) is 6.07 Å². The molecule has 1 aromatic heterocycles. The Morgan fingerprint density at radius 2 is 1.83 bits per heavy atom. The first kappa shape index (κ1) is 14.8. The Bertz CT molecular complexity index is 987. The van der Waals surface area contributed by atoms with Crippen molar-refractivity contribution in [2.24, 2.45) is 12.0 Å². The third-order valence-electron chi connectivity index (χ3n) is 3.76. The number of aryl methyl sites for hydroxylation is 1. The lowest BCUT2D eigenvalue weighted by atomic mass is 10.1. The molecule has 0 aliphatic heterocycles. The molecule has 0 spiro atoms. The molecule has 0 radical (unpaired) electrons. The molecular formula is C18H16N2O3. The van der Waals surface area contributed by atoms with Crippen molar-refractivity contribution in [3.63, 3.8) is 0 Å². The van der Waals surface area contributed by atoms with Crippen molar-refractivity contribution >= 4 is 22.3 Å². The highest BCUT2D eigenvalue weighted by Gasteiger charge is 2.16. The number of hydrogen-bond donors (Lipinski definition) is 2. The first-order valence-electron chi connectivity index (χ1n) is 7.14. The van der Waals surface area contributed by atoms with Crippen molar-refractivity contribution in [1.29, 1.82) is 0 Å². The summed E-state index contributed by atoms with van der Waals surface area (Å²) in [6.45, 7) is 1.66. The molecule has 3 rings (SSSR count). The summed E-state index contributed by atoms with van der Waals surface area (Å²) in [4.78, 5) is 16.9. The number of aromatic nitrogens is 1. The number of phenols is 1. The maximum absolute atomic E-state index is 12.6. The van der Waals surface area contributed by atoms with Gasteiger partial charge in [0.15, 0.2) is 0 Å². The monoisotopic (exact) mass is 308 g/mol. The van der Waals surface area contributed by atoms with Gasteiger partial charge in [-0.25, -0.2) is 0 Å². The SMILES string of the molecule is CC(=Nc1cccc(O)c1)c1c(O)c2ccccc2n(C)c1=O. The van der Waals surface area contributed by atoms with Crippen LogP contribution in [0.25, 0.3) is 10.9 Å². The average molecular weight is 308 g/mol. The van der Waals surface area contributed by atoms with E-state index in [4.69, 9.17) is 0 Å². The third kappa shape index (κ3) is 2.57. The van der Waals surface area contributed by atoms with E-state index in [0.717, 1.165) is 0 Å². The van der Waals surface area contributed by atoms with Gasteiger partial charge in [-0.05, 0) is 31.2 Å². The van der Waals surface area contributed by atoms with Gasteiger partial charge in [0.1, 0.15) is 17.1 Å². The van der Waals surface area contributed by atoms with Gasteiger partial charge in [0.05, 0.1) is 16.9 Å². The lowest BCUT2D eigenvalue weighted by Crippen LogP contribution is -2.24. The zero-order chi connectivity index (χ0) is 16.6. The van der Waals surface area contributed by atoms with Gasteiger partial charge < -0.3 is 14.8 Å². The molecule has 0 aliphatic rings. The van der Waals surface area contributed by atoms with Gasteiger partial charge in [-0.15, -0.1) is 0 Å². The van der Waals surface area contributed by atoms with Crippen molar-refractivity contribution in [3.05, 3.63) is 64.4 Å². The Balaban J connectivity index is 2.26. The van der Waals surface area contributed by atoms with Crippen molar-refractivity contribution in [3.8, 4) is 11.5 Å². The van der Waals surface area contributed by atoms with E-state index in [0.29, 0.717) is 22.3 Å². The molecule has 0 fully saturated rings. The van der Waals surface area contributed by atoms with Crippen LogP contribution < -0.4 is 5.56 Å². The van der Waals surface area contributed by atoms with Crippen LogP contribution >= 0.6 is 0 Å². The third-order valence-corrected chi connectivity index (χ3v) is 3.76. The fourth-order valence-electron chi connectivity index (χ4n) is 2.62.